The van der Waals surface area contributed by atoms with Crippen LogP contribution in [0.15, 0.2) is 42.5 Å². The highest BCUT2D eigenvalue weighted by molar-refractivity contribution is 6.05. The van der Waals surface area contributed by atoms with Crippen LogP contribution in [0.5, 0.6) is 5.75 Å². The molecule has 0 aliphatic heterocycles. The van der Waals surface area contributed by atoms with Crippen molar-refractivity contribution in [1.82, 2.24) is 0 Å². The predicted octanol–water partition coefficient (Wildman–Crippen LogP) is 3.23. The van der Waals surface area contributed by atoms with Crippen molar-refractivity contribution < 1.29 is 19.1 Å². The third-order valence-electron chi connectivity index (χ3n) is 3.78. The minimum Gasteiger partial charge on any atom is -0.496 e. The van der Waals surface area contributed by atoms with Gasteiger partial charge in [0.05, 0.1) is 7.11 Å². The Hall–Kier alpha value is -2.86. The van der Waals surface area contributed by atoms with E-state index >= 15 is 0 Å². The number of carbonyl (C=O) groups is 2. The summed E-state index contributed by atoms with van der Waals surface area (Å²) in [6, 6.07) is 12.2. The second-order valence-electron chi connectivity index (χ2n) is 5.59. The summed E-state index contributed by atoms with van der Waals surface area (Å²) < 4.78 is 10.2. The van der Waals surface area contributed by atoms with Gasteiger partial charge in [-0.2, -0.15) is 0 Å². The van der Waals surface area contributed by atoms with E-state index in [0.717, 1.165) is 5.56 Å². The lowest BCUT2D eigenvalue weighted by Crippen LogP contribution is -2.26. The molecule has 1 atom stereocenters. The van der Waals surface area contributed by atoms with Gasteiger partial charge in [-0.25, -0.2) is 0 Å². The molecule has 0 saturated carbocycles. The number of methoxy groups -OCH3 is 2. The van der Waals surface area contributed by atoms with Crippen molar-refractivity contribution in [3.8, 4) is 5.75 Å². The molecule has 0 aliphatic rings. The third kappa shape index (κ3) is 4.81. The molecule has 132 valence electrons. The minimum absolute atomic E-state index is 0.255. The molecule has 0 spiro atoms. The van der Waals surface area contributed by atoms with Gasteiger partial charge in [0.25, 0.3) is 11.8 Å². The van der Waals surface area contributed by atoms with E-state index in [9.17, 15) is 9.59 Å². The fourth-order valence-electron chi connectivity index (χ4n) is 2.19. The Morgan fingerprint density at radius 2 is 1.68 bits per heavy atom. The first-order chi connectivity index (χ1) is 11.9. The van der Waals surface area contributed by atoms with Crippen LogP contribution in [0.2, 0.25) is 0 Å². The summed E-state index contributed by atoms with van der Waals surface area (Å²) in [5.74, 6) is 0.142. The van der Waals surface area contributed by atoms with Crippen molar-refractivity contribution >= 4 is 23.2 Å². The zero-order chi connectivity index (χ0) is 18.4. The van der Waals surface area contributed by atoms with Crippen molar-refractivity contribution in [3.05, 3.63) is 53.6 Å². The number of rotatable bonds is 6. The number of hydrogen-bond acceptors (Lipinski definition) is 4. The van der Waals surface area contributed by atoms with Gasteiger partial charge in [0, 0.05) is 24.0 Å². The standard InChI is InChI=1S/C19H22N2O4/c1-12-8-9-14(10-17(12)25-4)19(23)21-16-7-5-6-15(11-16)20-18(22)13(2)24-3/h5-11,13H,1-4H3,(H,20,22)(H,21,23). The highest BCUT2D eigenvalue weighted by atomic mass is 16.5. The van der Waals surface area contributed by atoms with Crippen molar-refractivity contribution in [2.75, 3.05) is 24.9 Å². The van der Waals surface area contributed by atoms with E-state index in [-0.39, 0.29) is 11.8 Å². The maximum absolute atomic E-state index is 12.4. The van der Waals surface area contributed by atoms with E-state index in [0.29, 0.717) is 22.7 Å². The van der Waals surface area contributed by atoms with Crippen LogP contribution in [-0.2, 0) is 9.53 Å². The quantitative estimate of drug-likeness (QED) is 0.845. The molecule has 0 saturated heterocycles. The number of aryl methyl sites for hydroxylation is 1. The second-order valence-corrected chi connectivity index (χ2v) is 5.59. The Bertz CT molecular complexity index is 774. The average molecular weight is 342 g/mol. The molecular formula is C19H22N2O4. The molecule has 0 heterocycles. The number of carbonyl (C=O) groups excluding carboxylic acids is 2. The van der Waals surface area contributed by atoms with Gasteiger partial charge in [0.2, 0.25) is 0 Å². The molecule has 2 rings (SSSR count). The SMILES string of the molecule is COc1cc(C(=O)Nc2cccc(NC(=O)C(C)OC)c2)ccc1C. The molecule has 25 heavy (non-hydrogen) atoms. The van der Waals surface area contributed by atoms with E-state index in [4.69, 9.17) is 9.47 Å². The summed E-state index contributed by atoms with van der Waals surface area (Å²) >= 11 is 0. The monoisotopic (exact) mass is 342 g/mol. The second kappa shape index (κ2) is 8.30. The lowest BCUT2D eigenvalue weighted by atomic mass is 10.1. The van der Waals surface area contributed by atoms with E-state index in [1.807, 2.05) is 13.0 Å². The number of hydrogen-bond donors (Lipinski definition) is 2. The molecule has 0 aliphatic carbocycles. The number of nitrogens with one attached hydrogen (secondary N) is 2. The van der Waals surface area contributed by atoms with Gasteiger partial charge >= 0.3 is 0 Å². The van der Waals surface area contributed by atoms with Gasteiger partial charge < -0.3 is 20.1 Å². The van der Waals surface area contributed by atoms with E-state index in [1.165, 1.54) is 7.11 Å². The maximum Gasteiger partial charge on any atom is 0.255 e. The van der Waals surface area contributed by atoms with Crippen molar-refractivity contribution in [1.29, 1.82) is 0 Å². The van der Waals surface area contributed by atoms with Crippen LogP contribution >= 0.6 is 0 Å². The van der Waals surface area contributed by atoms with Crippen LogP contribution in [0.3, 0.4) is 0 Å². The summed E-state index contributed by atoms with van der Waals surface area (Å²) in [4.78, 5) is 24.3. The molecule has 0 fully saturated rings. The van der Waals surface area contributed by atoms with E-state index < -0.39 is 6.10 Å². The minimum atomic E-state index is -0.557. The van der Waals surface area contributed by atoms with Crippen LogP contribution in [0.1, 0.15) is 22.8 Å². The Morgan fingerprint density at radius 1 is 1.00 bits per heavy atom. The van der Waals surface area contributed by atoms with Crippen LogP contribution in [0.4, 0.5) is 11.4 Å². The zero-order valence-corrected chi connectivity index (χ0v) is 14.8. The fraction of sp³-hybridized carbons (Fsp3) is 0.263. The van der Waals surface area contributed by atoms with Gasteiger partial charge in [-0.15, -0.1) is 0 Å². The average Bonchev–Trinajstić information content (AvgIpc) is 2.61. The van der Waals surface area contributed by atoms with Crippen LogP contribution in [0, 0.1) is 6.92 Å². The van der Waals surface area contributed by atoms with Gasteiger partial charge in [0.15, 0.2) is 0 Å². The molecule has 0 aromatic heterocycles. The Kier molecular flexibility index (Phi) is 6.14. The van der Waals surface area contributed by atoms with Crippen molar-refractivity contribution in [2.24, 2.45) is 0 Å². The number of ether oxygens (including phenoxy) is 2. The molecule has 0 radical (unpaired) electrons. The Morgan fingerprint density at radius 3 is 2.32 bits per heavy atom. The smallest absolute Gasteiger partial charge is 0.255 e. The van der Waals surface area contributed by atoms with Crippen LogP contribution in [0.25, 0.3) is 0 Å². The zero-order valence-electron chi connectivity index (χ0n) is 14.8. The topological polar surface area (TPSA) is 76.7 Å². The molecule has 2 amide bonds. The molecule has 6 heteroatoms. The van der Waals surface area contributed by atoms with Crippen LogP contribution < -0.4 is 15.4 Å². The molecule has 2 aromatic rings. The summed E-state index contributed by atoms with van der Waals surface area (Å²) in [6.07, 6.45) is -0.557. The molecule has 2 N–H and O–H groups in total. The van der Waals surface area contributed by atoms with E-state index in [1.54, 1.807) is 50.4 Å². The Balaban J connectivity index is 2.11. The van der Waals surface area contributed by atoms with Gasteiger partial charge in [0.1, 0.15) is 11.9 Å². The lowest BCUT2D eigenvalue weighted by Gasteiger charge is -2.12. The summed E-state index contributed by atoms with van der Waals surface area (Å²) in [5, 5.41) is 5.55. The first-order valence-electron chi connectivity index (χ1n) is 7.84. The molecular weight excluding hydrogens is 320 g/mol. The normalized spacial score (nSPS) is 11.5. The van der Waals surface area contributed by atoms with Crippen molar-refractivity contribution in [3.63, 3.8) is 0 Å². The highest BCUT2D eigenvalue weighted by Gasteiger charge is 2.13. The Labute approximate surface area is 147 Å². The number of benzene rings is 2. The van der Waals surface area contributed by atoms with Gasteiger partial charge in [-0.1, -0.05) is 12.1 Å². The molecule has 0 bridgehead atoms. The molecule has 6 nitrogen and oxygen atoms in total. The summed E-state index contributed by atoms with van der Waals surface area (Å²) in [5.41, 5.74) is 2.60. The van der Waals surface area contributed by atoms with Crippen LogP contribution in [-0.4, -0.2) is 32.1 Å². The number of anilines is 2. The number of amides is 2. The lowest BCUT2D eigenvalue weighted by molar-refractivity contribution is -0.124. The highest BCUT2D eigenvalue weighted by Crippen LogP contribution is 2.21. The van der Waals surface area contributed by atoms with Gasteiger partial charge in [-0.3, -0.25) is 9.59 Å². The summed E-state index contributed by atoms with van der Waals surface area (Å²) in [7, 11) is 3.04. The first-order valence-corrected chi connectivity index (χ1v) is 7.84. The van der Waals surface area contributed by atoms with Gasteiger partial charge in [-0.05, 0) is 49.7 Å². The van der Waals surface area contributed by atoms with Crippen molar-refractivity contribution in [2.45, 2.75) is 20.0 Å². The predicted molar refractivity (Wildman–Crippen MR) is 97.2 cm³/mol. The first kappa shape index (κ1) is 18.5. The third-order valence-corrected chi connectivity index (χ3v) is 3.78. The maximum atomic E-state index is 12.4. The summed E-state index contributed by atoms with van der Waals surface area (Å²) in [6.45, 7) is 3.57. The molecule has 2 aromatic carbocycles. The molecule has 1 unspecified atom stereocenters. The largest absolute Gasteiger partial charge is 0.496 e. The fourth-order valence-corrected chi connectivity index (χ4v) is 2.19. The van der Waals surface area contributed by atoms with E-state index in [2.05, 4.69) is 10.6 Å².